The second-order valence-electron chi connectivity index (χ2n) is 3.15. The number of nitrogens with one attached hydrogen (secondary N) is 1. The average molecular weight is 241 g/mol. The van der Waals surface area contributed by atoms with Gasteiger partial charge in [0.05, 0.1) is 12.2 Å². The van der Waals surface area contributed by atoms with Crippen LogP contribution in [0.15, 0.2) is 23.9 Å². The second-order valence-corrected chi connectivity index (χ2v) is 3.15. The van der Waals surface area contributed by atoms with Crippen LogP contribution in [-0.2, 0) is 19.1 Å². The van der Waals surface area contributed by atoms with E-state index in [0.717, 1.165) is 6.20 Å². The molecule has 0 bridgehead atoms. The fourth-order valence-electron chi connectivity index (χ4n) is 0.651. The standard InChI is InChI=1S/C11H15NO5/c1-5-16-11(15)12-6-8(4)10(14)17-9(13)7(2)3/h6H,2,5H2,1,3-4H3,(H,12,15). The number of amides is 1. The first kappa shape index (κ1) is 14.9. The SMILES string of the molecule is C=C(C)C(=O)OC(=O)C(C)=CNC(=O)OCC. The van der Waals surface area contributed by atoms with E-state index in [9.17, 15) is 14.4 Å². The van der Waals surface area contributed by atoms with Gasteiger partial charge in [0.25, 0.3) is 0 Å². The molecule has 1 amide bonds. The van der Waals surface area contributed by atoms with Crippen molar-refractivity contribution in [2.45, 2.75) is 20.8 Å². The van der Waals surface area contributed by atoms with Crippen LogP contribution in [0.1, 0.15) is 20.8 Å². The van der Waals surface area contributed by atoms with Crippen molar-refractivity contribution in [2.75, 3.05) is 6.61 Å². The van der Waals surface area contributed by atoms with Gasteiger partial charge in [-0.05, 0) is 20.8 Å². The van der Waals surface area contributed by atoms with Gasteiger partial charge in [0.2, 0.25) is 0 Å². The molecule has 0 aliphatic rings. The summed E-state index contributed by atoms with van der Waals surface area (Å²) >= 11 is 0. The zero-order valence-corrected chi connectivity index (χ0v) is 10.0. The molecule has 0 radical (unpaired) electrons. The molecule has 0 spiro atoms. The van der Waals surface area contributed by atoms with Gasteiger partial charge in [-0.15, -0.1) is 0 Å². The van der Waals surface area contributed by atoms with E-state index in [0.29, 0.717) is 0 Å². The molecule has 0 saturated heterocycles. The van der Waals surface area contributed by atoms with Crippen LogP contribution in [0.5, 0.6) is 0 Å². The van der Waals surface area contributed by atoms with E-state index in [4.69, 9.17) is 0 Å². The summed E-state index contributed by atoms with van der Waals surface area (Å²) in [6, 6.07) is 0. The minimum atomic E-state index is -0.852. The molecule has 0 saturated carbocycles. The predicted octanol–water partition coefficient (Wildman–Crippen LogP) is 1.28. The topological polar surface area (TPSA) is 81.7 Å². The number of carbonyl (C=O) groups excluding carboxylic acids is 3. The lowest BCUT2D eigenvalue weighted by molar-refractivity contribution is -0.153. The first-order valence-electron chi connectivity index (χ1n) is 4.90. The average Bonchev–Trinajstić information content (AvgIpc) is 2.25. The van der Waals surface area contributed by atoms with Crippen molar-refractivity contribution in [3.05, 3.63) is 23.9 Å². The summed E-state index contributed by atoms with van der Waals surface area (Å²) in [6.07, 6.45) is 0.414. The van der Waals surface area contributed by atoms with Crippen LogP contribution < -0.4 is 5.32 Å². The molecule has 6 nitrogen and oxygen atoms in total. The number of hydrogen-bond donors (Lipinski definition) is 1. The molecule has 0 atom stereocenters. The molecule has 94 valence electrons. The first-order chi connectivity index (χ1) is 7.88. The Hall–Kier alpha value is -2.11. The smallest absolute Gasteiger partial charge is 0.411 e. The van der Waals surface area contributed by atoms with Crippen LogP contribution in [0.4, 0.5) is 4.79 Å². The molecule has 0 aliphatic heterocycles. The predicted molar refractivity (Wildman–Crippen MR) is 59.8 cm³/mol. The minimum absolute atomic E-state index is 0.0626. The van der Waals surface area contributed by atoms with Gasteiger partial charge < -0.3 is 9.47 Å². The zero-order chi connectivity index (χ0) is 13.4. The highest BCUT2D eigenvalue weighted by Crippen LogP contribution is 1.99. The second kappa shape index (κ2) is 7.21. The van der Waals surface area contributed by atoms with Crippen molar-refractivity contribution in [3.63, 3.8) is 0 Å². The van der Waals surface area contributed by atoms with Crippen molar-refractivity contribution in [2.24, 2.45) is 0 Å². The fraction of sp³-hybridized carbons (Fsp3) is 0.364. The number of esters is 2. The normalized spacial score (nSPS) is 10.4. The summed E-state index contributed by atoms with van der Waals surface area (Å²) in [7, 11) is 0. The van der Waals surface area contributed by atoms with E-state index in [1.54, 1.807) is 6.92 Å². The monoisotopic (exact) mass is 241 g/mol. The van der Waals surface area contributed by atoms with Gasteiger partial charge in [-0.2, -0.15) is 0 Å². The highest BCUT2D eigenvalue weighted by Gasteiger charge is 2.13. The number of carbonyl (C=O) groups is 3. The van der Waals surface area contributed by atoms with Crippen molar-refractivity contribution < 1.29 is 23.9 Å². The maximum absolute atomic E-state index is 11.3. The summed E-state index contributed by atoms with van der Waals surface area (Å²) in [6.45, 7) is 8.01. The van der Waals surface area contributed by atoms with Gasteiger partial charge in [0.1, 0.15) is 0 Å². The number of alkyl carbamates (subject to hydrolysis) is 1. The third-order valence-electron chi connectivity index (χ3n) is 1.54. The van der Waals surface area contributed by atoms with Crippen molar-refractivity contribution in [3.8, 4) is 0 Å². The van der Waals surface area contributed by atoms with Crippen molar-refractivity contribution in [1.29, 1.82) is 0 Å². The summed E-state index contributed by atoms with van der Waals surface area (Å²) in [5, 5.41) is 2.21. The number of rotatable bonds is 4. The Labute approximate surface area is 99.3 Å². The Bertz CT molecular complexity index is 370. The Kier molecular flexibility index (Phi) is 6.32. The lowest BCUT2D eigenvalue weighted by atomic mass is 10.3. The van der Waals surface area contributed by atoms with Crippen LogP contribution in [-0.4, -0.2) is 24.6 Å². The lowest BCUT2D eigenvalue weighted by Crippen LogP contribution is -2.21. The van der Waals surface area contributed by atoms with E-state index < -0.39 is 18.0 Å². The third kappa shape index (κ3) is 6.14. The highest BCUT2D eigenvalue weighted by molar-refractivity contribution is 6.01. The van der Waals surface area contributed by atoms with Crippen LogP contribution in [0.3, 0.4) is 0 Å². The Morgan fingerprint density at radius 1 is 1.24 bits per heavy atom. The molecule has 0 rings (SSSR count). The molecule has 0 aliphatic carbocycles. The summed E-state index contributed by atoms with van der Waals surface area (Å²) < 4.78 is 8.99. The van der Waals surface area contributed by atoms with E-state index in [1.165, 1.54) is 13.8 Å². The lowest BCUT2D eigenvalue weighted by Gasteiger charge is -2.03. The molecule has 0 aromatic rings. The summed E-state index contributed by atoms with van der Waals surface area (Å²) in [5.74, 6) is -1.66. The van der Waals surface area contributed by atoms with Gasteiger partial charge in [0, 0.05) is 11.8 Å². The maximum atomic E-state index is 11.3. The van der Waals surface area contributed by atoms with Crippen LogP contribution in [0.2, 0.25) is 0 Å². The Morgan fingerprint density at radius 2 is 1.82 bits per heavy atom. The largest absolute Gasteiger partial charge is 0.450 e. The minimum Gasteiger partial charge on any atom is -0.450 e. The molecular weight excluding hydrogens is 226 g/mol. The molecule has 0 fully saturated rings. The molecule has 6 heteroatoms. The molecule has 0 aromatic carbocycles. The molecular formula is C11H15NO5. The number of ether oxygens (including phenoxy) is 2. The van der Waals surface area contributed by atoms with Crippen LogP contribution in [0.25, 0.3) is 0 Å². The molecule has 0 heterocycles. The first-order valence-corrected chi connectivity index (χ1v) is 4.90. The van der Waals surface area contributed by atoms with Gasteiger partial charge in [-0.1, -0.05) is 6.58 Å². The number of hydrogen-bond acceptors (Lipinski definition) is 5. The zero-order valence-electron chi connectivity index (χ0n) is 10.0. The Balaban J connectivity index is 4.30. The van der Waals surface area contributed by atoms with E-state index in [-0.39, 0.29) is 17.8 Å². The summed E-state index contributed by atoms with van der Waals surface area (Å²) in [5.41, 5.74) is 0.178. The Morgan fingerprint density at radius 3 is 2.29 bits per heavy atom. The van der Waals surface area contributed by atoms with Gasteiger partial charge >= 0.3 is 18.0 Å². The highest BCUT2D eigenvalue weighted by atomic mass is 16.6. The molecule has 1 N–H and O–H groups in total. The fourth-order valence-corrected chi connectivity index (χ4v) is 0.651. The van der Waals surface area contributed by atoms with E-state index >= 15 is 0 Å². The molecule has 0 unspecified atom stereocenters. The van der Waals surface area contributed by atoms with Gasteiger partial charge in [-0.25, -0.2) is 14.4 Å². The summed E-state index contributed by atoms with van der Waals surface area (Å²) in [4.78, 5) is 33.2. The van der Waals surface area contributed by atoms with Crippen molar-refractivity contribution in [1.82, 2.24) is 5.32 Å². The van der Waals surface area contributed by atoms with E-state index in [1.807, 2.05) is 0 Å². The molecule has 17 heavy (non-hydrogen) atoms. The van der Waals surface area contributed by atoms with Crippen LogP contribution >= 0.6 is 0 Å². The quantitative estimate of drug-likeness (QED) is 0.455. The van der Waals surface area contributed by atoms with Crippen LogP contribution in [0, 0.1) is 0 Å². The van der Waals surface area contributed by atoms with Gasteiger partial charge in [0.15, 0.2) is 0 Å². The third-order valence-corrected chi connectivity index (χ3v) is 1.54. The molecule has 0 aromatic heterocycles. The van der Waals surface area contributed by atoms with E-state index in [2.05, 4.69) is 21.4 Å². The maximum Gasteiger partial charge on any atom is 0.411 e. The van der Waals surface area contributed by atoms with Crippen molar-refractivity contribution >= 4 is 18.0 Å². The van der Waals surface area contributed by atoms with Gasteiger partial charge in [-0.3, -0.25) is 5.32 Å².